The molecule has 1 rings (SSSR count). The first-order valence-electron chi connectivity index (χ1n) is 5.68. The predicted molar refractivity (Wildman–Crippen MR) is 62.6 cm³/mol. The zero-order valence-corrected chi connectivity index (χ0v) is 9.58. The van der Waals surface area contributed by atoms with Crippen LogP contribution in [0.5, 0.6) is 0 Å². The number of hydrogen-bond acceptors (Lipinski definition) is 4. The molecule has 0 bridgehead atoms. The summed E-state index contributed by atoms with van der Waals surface area (Å²) in [5, 5.41) is 9.73. The molecule has 0 aliphatic rings. The molecule has 0 saturated heterocycles. The van der Waals surface area contributed by atoms with Gasteiger partial charge in [-0.05, 0) is 12.3 Å². The zero-order chi connectivity index (χ0) is 11.1. The molecule has 4 N–H and O–H groups in total. The summed E-state index contributed by atoms with van der Waals surface area (Å²) in [7, 11) is 0. The molecule has 15 heavy (non-hydrogen) atoms. The quantitative estimate of drug-likeness (QED) is 0.644. The summed E-state index contributed by atoms with van der Waals surface area (Å²) in [6.07, 6.45) is 4.99. The minimum absolute atomic E-state index is 0.360. The van der Waals surface area contributed by atoms with Crippen molar-refractivity contribution in [1.29, 1.82) is 0 Å². The lowest BCUT2D eigenvalue weighted by atomic mass is 9.99. The Labute approximate surface area is 90.9 Å². The maximum Gasteiger partial charge on any atom is 0.243 e. The lowest BCUT2D eigenvalue weighted by molar-refractivity contribution is 0.472. The molecule has 0 aliphatic heterocycles. The van der Waals surface area contributed by atoms with Crippen LogP contribution in [-0.2, 0) is 0 Å². The third-order valence-electron chi connectivity index (χ3n) is 2.59. The molecule has 1 atom stereocenters. The van der Waals surface area contributed by atoms with Gasteiger partial charge in [0.25, 0.3) is 0 Å². The van der Waals surface area contributed by atoms with Crippen molar-refractivity contribution >= 4 is 11.9 Å². The minimum atomic E-state index is 0.360. The first-order chi connectivity index (χ1) is 7.26. The van der Waals surface area contributed by atoms with Gasteiger partial charge < -0.3 is 11.1 Å². The average Bonchev–Trinajstić information content (AvgIpc) is 2.65. The minimum Gasteiger partial charge on any atom is -0.368 e. The summed E-state index contributed by atoms with van der Waals surface area (Å²) in [5.74, 6) is 1.66. The number of anilines is 2. The number of H-pyrrole nitrogens is 1. The van der Waals surface area contributed by atoms with Crippen molar-refractivity contribution in [2.75, 3.05) is 17.6 Å². The maximum absolute atomic E-state index is 5.43. The van der Waals surface area contributed by atoms with Crippen LogP contribution in [0.1, 0.15) is 39.5 Å². The molecule has 1 aromatic heterocycles. The fourth-order valence-electron chi connectivity index (χ4n) is 1.53. The molecule has 1 aromatic rings. The third kappa shape index (κ3) is 4.18. The molecule has 0 aliphatic carbocycles. The molecule has 86 valence electrons. The maximum atomic E-state index is 5.43. The van der Waals surface area contributed by atoms with Crippen LogP contribution in [0, 0.1) is 5.92 Å². The summed E-state index contributed by atoms with van der Waals surface area (Å²) >= 11 is 0. The number of rotatable bonds is 7. The van der Waals surface area contributed by atoms with Gasteiger partial charge >= 0.3 is 0 Å². The predicted octanol–water partition coefficient (Wildman–Crippen LogP) is 2.02. The van der Waals surface area contributed by atoms with Gasteiger partial charge in [-0.15, -0.1) is 5.10 Å². The Morgan fingerprint density at radius 3 is 2.80 bits per heavy atom. The van der Waals surface area contributed by atoms with E-state index in [-0.39, 0.29) is 0 Å². The molecule has 1 unspecified atom stereocenters. The Hall–Kier alpha value is -1.26. The van der Waals surface area contributed by atoms with E-state index in [1.54, 1.807) is 0 Å². The standard InChI is InChI=1S/C10H21N5/c1-3-5-6-8(4-2)7-12-10-13-9(11)14-15-10/h8H,3-7H2,1-2H3,(H4,11,12,13,14,15). The Morgan fingerprint density at radius 2 is 2.27 bits per heavy atom. The number of unbranched alkanes of at least 4 members (excludes halogenated alkanes) is 1. The van der Waals surface area contributed by atoms with Crippen LogP contribution in [0.15, 0.2) is 0 Å². The fourth-order valence-corrected chi connectivity index (χ4v) is 1.53. The summed E-state index contributed by atoms with van der Waals surface area (Å²) in [4.78, 5) is 4.00. The highest BCUT2D eigenvalue weighted by Gasteiger charge is 2.06. The first-order valence-corrected chi connectivity index (χ1v) is 5.68. The Morgan fingerprint density at radius 1 is 1.47 bits per heavy atom. The van der Waals surface area contributed by atoms with E-state index in [1.165, 1.54) is 25.7 Å². The van der Waals surface area contributed by atoms with Gasteiger partial charge in [-0.1, -0.05) is 33.1 Å². The van der Waals surface area contributed by atoms with Crippen molar-refractivity contribution in [2.24, 2.45) is 5.92 Å². The Bertz CT molecular complexity index is 271. The molecule has 5 nitrogen and oxygen atoms in total. The Kier molecular flexibility index (Phi) is 4.93. The average molecular weight is 211 g/mol. The van der Waals surface area contributed by atoms with Crippen LogP contribution in [0.25, 0.3) is 0 Å². The highest BCUT2D eigenvalue weighted by Crippen LogP contribution is 2.13. The van der Waals surface area contributed by atoms with Gasteiger partial charge in [0.15, 0.2) is 0 Å². The monoisotopic (exact) mass is 211 g/mol. The van der Waals surface area contributed by atoms with Gasteiger partial charge in [0, 0.05) is 6.54 Å². The second-order valence-electron chi connectivity index (χ2n) is 3.84. The van der Waals surface area contributed by atoms with E-state index in [0.717, 1.165) is 6.54 Å². The number of nitrogen functional groups attached to an aromatic ring is 1. The van der Waals surface area contributed by atoms with Crippen molar-refractivity contribution in [1.82, 2.24) is 15.2 Å². The number of nitrogens with zero attached hydrogens (tertiary/aromatic N) is 2. The summed E-state index contributed by atoms with van der Waals surface area (Å²) in [6.45, 7) is 5.36. The largest absolute Gasteiger partial charge is 0.368 e. The number of aromatic nitrogens is 3. The molecule has 0 aromatic carbocycles. The highest BCUT2D eigenvalue weighted by molar-refractivity contribution is 5.29. The molecule has 0 saturated carbocycles. The van der Waals surface area contributed by atoms with Crippen molar-refractivity contribution in [2.45, 2.75) is 39.5 Å². The molecule has 0 fully saturated rings. The van der Waals surface area contributed by atoms with Gasteiger partial charge in [0.05, 0.1) is 0 Å². The zero-order valence-electron chi connectivity index (χ0n) is 9.58. The van der Waals surface area contributed by atoms with E-state index in [0.29, 0.717) is 17.8 Å². The van der Waals surface area contributed by atoms with Gasteiger partial charge in [0.1, 0.15) is 0 Å². The van der Waals surface area contributed by atoms with Crippen LogP contribution >= 0.6 is 0 Å². The number of aromatic amines is 1. The van der Waals surface area contributed by atoms with Gasteiger partial charge in [-0.2, -0.15) is 4.98 Å². The van der Waals surface area contributed by atoms with E-state index in [1.807, 2.05) is 0 Å². The summed E-state index contributed by atoms with van der Waals surface area (Å²) in [5.41, 5.74) is 5.43. The topological polar surface area (TPSA) is 79.6 Å². The normalized spacial score (nSPS) is 12.7. The van der Waals surface area contributed by atoms with Crippen LogP contribution in [0.4, 0.5) is 11.9 Å². The van der Waals surface area contributed by atoms with E-state index in [4.69, 9.17) is 5.73 Å². The van der Waals surface area contributed by atoms with Crippen LogP contribution in [0.2, 0.25) is 0 Å². The number of nitrogens with two attached hydrogens (primary N) is 1. The van der Waals surface area contributed by atoms with Gasteiger partial charge in [-0.25, -0.2) is 5.10 Å². The second kappa shape index (κ2) is 6.27. The lowest BCUT2D eigenvalue weighted by Crippen LogP contribution is -2.14. The summed E-state index contributed by atoms with van der Waals surface area (Å²) < 4.78 is 0. The smallest absolute Gasteiger partial charge is 0.243 e. The van der Waals surface area contributed by atoms with Crippen LogP contribution in [0.3, 0.4) is 0 Å². The molecular formula is C10H21N5. The fraction of sp³-hybridized carbons (Fsp3) is 0.800. The van der Waals surface area contributed by atoms with E-state index in [9.17, 15) is 0 Å². The lowest BCUT2D eigenvalue weighted by Gasteiger charge is -2.13. The summed E-state index contributed by atoms with van der Waals surface area (Å²) in [6, 6.07) is 0. The molecule has 1 heterocycles. The van der Waals surface area contributed by atoms with Gasteiger partial charge in [-0.3, -0.25) is 0 Å². The van der Waals surface area contributed by atoms with E-state index < -0.39 is 0 Å². The van der Waals surface area contributed by atoms with Crippen LogP contribution in [-0.4, -0.2) is 21.7 Å². The second-order valence-corrected chi connectivity index (χ2v) is 3.84. The highest BCUT2D eigenvalue weighted by atomic mass is 15.3. The SMILES string of the molecule is CCCCC(CC)CNc1n[nH]c(N)n1. The molecule has 0 amide bonds. The molecule has 5 heteroatoms. The van der Waals surface area contributed by atoms with E-state index in [2.05, 4.69) is 34.3 Å². The Balaban J connectivity index is 2.27. The van der Waals surface area contributed by atoms with Crippen molar-refractivity contribution < 1.29 is 0 Å². The van der Waals surface area contributed by atoms with Gasteiger partial charge in [0.2, 0.25) is 11.9 Å². The van der Waals surface area contributed by atoms with Crippen molar-refractivity contribution in [3.8, 4) is 0 Å². The third-order valence-corrected chi connectivity index (χ3v) is 2.59. The first kappa shape index (κ1) is 11.8. The number of hydrogen-bond donors (Lipinski definition) is 3. The van der Waals surface area contributed by atoms with Crippen molar-refractivity contribution in [3.63, 3.8) is 0 Å². The molecule has 0 spiro atoms. The number of nitrogens with one attached hydrogen (secondary N) is 2. The molecular weight excluding hydrogens is 190 g/mol. The van der Waals surface area contributed by atoms with Crippen LogP contribution < -0.4 is 11.1 Å². The van der Waals surface area contributed by atoms with E-state index >= 15 is 0 Å². The van der Waals surface area contributed by atoms with Crippen molar-refractivity contribution in [3.05, 3.63) is 0 Å². The molecule has 0 radical (unpaired) electrons.